The lowest BCUT2D eigenvalue weighted by atomic mass is 10.2. The van der Waals surface area contributed by atoms with Gasteiger partial charge in [-0.05, 0) is 11.4 Å². The number of benzene rings is 1. The molecule has 0 aliphatic carbocycles. The molecule has 130 valence electrons. The van der Waals surface area contributed by atoms with E-state index in [0.717, 1.165) is 4.88 Å². The number of ether oxygens (including phenoxy) is 3. The van der Waals surface area contributed by atoms with Gasteiger partial charge in [0.15, 0.2) is 11.5 Å². The minimum atomic E-state index is -0.740. The van der Waals surface area contributed by atoms with Crippen LogP contribution in [0.3, 0.4) is 0 Å². The summed E-state index contributed by atoms with van der Waals surface area (Å²) in [4.78, 5) is 12.8. The van der Waals surface area contributed by atoms with E-state index in [2.05, 4.69) is 10.6 Å². The Morgan fingerprint density at radius 2 is 1.88 bits per heavy atom. The molecule has 2 rings (SSSR count). The second kappa shape index (κ2) is 8.42. The molecule has 3 N–H and O–H groups in total. The quantitative estimate of drug-likeness (QED) is 0.713. The molecule has 0 fully saturated rings. The van der Waals surface area contributed by atoms with E-state index in [1.54, 1.807) is 12.1 Å². The van der Waals surface area contributed by atoms with Crippen LogP contribution in [-0.2, 0) is 0 Å². The van der Waals surface area contributed by atoms with E-state index in [9.17, 15) is 9.90 Å². The topological polar surface area (TPSA) is 89.1 Å². The van der Waals surface area contributed by atoms with Gasteiger partial charge in [0.05, 0.1) is 33.6 Å². The number of hydrogen-bond donors (Lipinski definition) is 3. The second-order valence-corrected chi connectivity index (χ2v) is 5.76. The molecule has 0 saturated heterocycles. The fourth-order valence-electron chi connectivity index (χ4n) is 2.10. The van der Waals surface area contributed by atoms with Gasteiger partial charge in [0.1, 0.15) is 6.10 Å². The Balaban J connectivity index is 2.00. The van der Waals surface area contributed by atoms with Crippen LogP contribution in [0.2, 0.25) is 0 Å². The van der Waals surface area contributed by atoms with Crippen molar-refractivity contribution in [1.29, 1.82) is 0 Å². The lowest BCUT2D eigenvalue weighted by Gasteiger charge is -2.15. The monoisotopic (exact) mass is 352 g/mol. The van der Waals surface area contributed by atoms with Crippen LogP contribution in [0.4, 0.5) is 10.5 Å². The SMILES string of the molecule is COc1cc(NC(=O)NCC(O)c2cccs2)cc(OC)c1OC. The van der Waals surface area contributed by atoms with Crippen LogP contribution in [0.5, 0.6) is 17.2 Å². The summed E-state index contributed by atoms with van der Waals surface area (Å²) >= 11 is 1.43. The Labute approximate surface area is 144 Å². The fraction of sp³-hybridized carbons (Fsp3) is 0.312. The zero-order valence-corrected chi connectivity index (χ0v) is 14.5. The minimum absolute atomic E-state index is 0.108. The number of amides is 2. The van der Waals surface area contributed by atoms with Gasteiger partial charge in [0.2, 0.25) is 5.75 Å². The smallest absolute Gasteiger partial charge is 0.319 e. The Kier molecular flexibility index (Phi) is 6.28. The van der Waals surface area contributed by atoms with Crippen molar-refractivity contribution in [3.05, 3.63) is 34.5 Å². The minimum Gasteiger partial charge on any atom is -0.493 e. The van der Waals surface area contributed by atoms with Crippen molar-refractivity contribution >= 4 is 23.1 Å². The summed E-state index contributed by atoms with van der Waals surface area (Å²) in [5.74, 6) is 1.32. The molecule has 0 saturated carbocycles. The first-order valence-electron chi connectivity index (χ1n) is 7.15. The van der Waals surface area contributed by atoms with Crippen LogP contribution in [0, 0.1) is 0 Å². The van der Waals surface area contributed by atoms with Crippen LogP contribution < -0.4 is 24.8 Å². The van der Waals surface area contributed by atoms with Crippen molar-refractivity contribution in [2.75, 3.05) is 33.2 Å². The Bertz CT molecular complexity index is 650. The van der Waals surface area contributed by atoms with Crippen LogP contribution in [-0.4, -0.2) is 39.0 Å². The molecule has 1 unspecified atom stereocenters. The predicted octanol–water partition coefficient (Wildman–Crippen LogP) is 2.63. The van der Waals surface area contributed by atoms with Crippen molar-refractivity contribution in [2.24, 2.45) is 0 Å². The summed E-state index contributed by atoms with van der Waals surface area (Å²) in [5, 5.41) is 17.1. The Morgan fingerprint density at radius 3 is 2.38 bits per heavy atom. The molecular weight excluding hydrogens is 332 g/mol. The van der Waals surface area contributed by atoms with Gasteiger partial charge in [-0.25, -0.2) is 4.79 Å². The number of aliphatic hydroxyl groups is 1. The standard InChI is InChI=1S/C16H20N2O5S/c1-21-12-7-10(8-13(22-2)15(12)23-3)18-16(20)17-9-11(19)14-5-4-6-24-14/h4-8,11,19H,9H2,1-3H3,(H2,17,18,20). The summed E-state index contributed by atoms with van der Waals surface area (Å²) in [6, 6.07) is 6.46. The second-order valence-electron chi connectivity index (χ2n) is 4.78. The molecule has 1 atom stereocenters. The van der Waals surface area contributed by atoms with Crippen molar-refractivity contribution in [1.82, 2.24) is 5.32 Å². The van der Waals surface area contributed by atoms with Crippen molar-refractivity contribution in [2.45, 2.75) is 6.10 Å². The van der Waals surface area contributed by atoms with Crippen molar-refractivity contribution < 1.29 is 24.1 Å². The maximum atomic E-state index is 12.0. The number of aliphatic hydroxyl groups excluding tert-OH is 1. The van der Waals surface area contributed by atoms with Gasteiger partial charge in [-0.3, -0.25) is 0 Å². The van der Waals surface area contributed by atoms with E-state index >= 15 is 0 Å². The summed E-state index contributed by atoms with van der Waals surface area (Å²) in [5.41, 5.74) is 0.479. The van der Waals surface area contributed by atoms with Crippen molar-refractivity contribution in [3.63, 3.8) is 0 Å². The molecule has 2 aromatic rings. The number of methoxy groups -OCH3 is 3. The molecule has 0 aliphatic rings. The van der Waals surface area contributed by atoms with Crippen molar-refractivity contribution in [3.8, 4) is 17.2 Å². The molecule has 8 heteroatoms. The number of carbonyl (C=O) groups excluding carboxylic acids is 1. The number of rotatable bonds is 7. The molecule has 1 heterocycles. The molecule has 0 spiro atoms. The van der Waals surface area contributed by atoms with Gasteiger partial charge < -0.3 is 30.0 Å². The average Bonchev–Trinajstić information content (AvgIpc) is 3.13. The van der Waals surface area contributed by atoms with Gasteiger partial charge in [-0.2, -0.15) is 0 Å². The number of hydrogen-bond acceptors (Lipinski definition) is 6. The summed E-state index contributed by atoms with van der Waals surface area (Å²) in [7, 11) is 4.50. The predicted molar refractivity (Wildman–Crippen MR) is 92.4 cm³/mol. The summed E-state index contributed by atoms with van der Waals surface area (Å²) in [6.07, 6.45) is -0.740. The fourth-order valence-corrected chi connectivity index (χ4v) is 2.81. The van der Waals surface area contributed by atoms with E-state index < -0.39 is 12.1 Å². The highest BCUT2D eigenvalue weighted by Gasteiger charge is 2.15. The molecular formula is C16H20N2O5S. The van der Waals surface area contributed by atoms with Crippen LogP contribution in [0.1, 0.15) is 11.0 Å². The van der Waals surface area contributed by atoms with E-state index in [-0.39, 0.29) is 6.54 Å². The Morgan fingerprint density at radius 1 is 1.21 bits per heavy atom. The molecule has 0 bridgehead atoms. The first kappa shape index (κ1) is 17.9. The zero-order valence-electron chi connectivity index (χ0n) is 13.7. The highest BCUT2D eigenvalue weighted by atomic mass is 32.1. The Hall–Kier alpha value is -2.45. The third kappa shape index (κ3) is 4.30. The molecule has 2 amide bonds. The number of nitrogens with one attached hydrogen (secondary N) is 2. The van der Waals surface area contributed by atoms with Crippen LogP contribution >= 0.6 is 11.3 Å². The first-order valence-corrected chi connectivity index (χ1v) is 8.03. The van der Waals surface area contributed by atoms with Gasteiger partial charge in [-0.1, -0.05) is 6.07 Å². The van der Waals surface area contributed by atoms with E-state index in [0.29, 0.717) is 22.9 Å². The summed E-state index contributed by atoms with van der Waals surface area (Å²) in [6.45, 7) is 0.108. The maximum absolute atomic E-state index is 12.0. The van der Waals surface area contributed by atoms with Gasteiger partial charge in [0.25, 0.3) is 0 Å². The number of anilines is 1. The number of thiophene rings is 1. The molecule has 1 aromatic carbocycles. The van der Waals surface area contributed by atoms with Gasteiger partial charge in [0, 0.05) is 17.0 Å². The third-order valence-corrected chi connectivity index (χ3v) is 4.22. The van der Waals surface area contributed by atoms with Crippen LogP contribution in [0.25, 0.3) is 0 Å². The number of carbonyl (C=O) groups is 1. The normalized spacial score (nSPS) is 11.5. The highest BCUT2D eigenvalue weighted by Crippen LogP contribution is 2.39. The van der Waals surface area contributed by atoms with E-state index in [1.807, 2.05) is 17.5 Å². The highest BCUT2D eigenvalue weighted by molar-refractivity contribution is 7.10. The summed E-state index contributed by atoms with van der Waals surface area (Å²) < 4.78 is 15.7. The number of urea groups is 1. The van der Waals surface area contributed by atoms with Crippen LogP contribution in [0.15, 0.2) is 29.6 Å². The molecule has 1 aromatic heterocycles. The lowest BCUT2D eigenvalue weighted by molar-refractivity contribution is 0.178. The van der Waals surface area contributed by atoms with Gasteiger partial charge >= 0.3 is 6.03 Å². The molecule has 24 heavy (non-hydrogen) atoms. The zero-order chi connectivity index (χ0) is 17.5. The molecule has 7 nitrogen and oxygen atoms in total. The third-order valence-electron chi connectivity index (χ3n) is 3.25. The first-order chi connectivity index (χ1) is 11.6. The molecule has 0 radical (unpaired) electrons. The largest absolute Gasteiger partial charge is 0.493 e. The van der Waals surface area contributed by atoms with E-state index in [1.165, 1.54) is 32.7 Å². The maximum Gasteiger partial charge on any atom is 0.319 e. The van der Waals surface area contributed by atoms with E-state index in [4.69, 9.17) is 14.2 Å². The lowest BCUT2D eigenvalue weighted by Crippen LogP contribution is -2.32. The molecule has 0 aliphatic heterocycles. The average molecular weight is 352 g/mol. The van der Waals surface area contributed by atoms with Gasteiger partial charge in [-0.15, -0.1) is 11.3 Å².